The van der Waals surface area contributed by atoms with Gasteiger partial charge in [0, 0.05) is 24.2 Å². The molecule has 3 aromatic rings. The number of imidazole rings is 1. The lowest BCUT2D eigenvalue weighted by atomic mass is 10.1. The summed E-state index contributed by atoms with van der Waals surface area (Å²) in [6, 6.07) is 5.39. The lowest BCUT2D eigenvalue weighted by Gasteiger charge is -2.10. The van der Waals surface area contributed by atoms with E-state index in [9.17, 15) is 13.2 Å². The van der Waals surface area contributed by atoms with Crippen LogP contribution in [0, 0.1) is 0 Å². The molecule has 0 unspecified atom stereocenters. The number of alkyl halides is 3. The SMILES string of the molecule is FC(F)(F)c1ccccc1-c1cn2ccncc2n1. The van der Waals surface area contributed by atoms with Gasteiger partial charge in [-0.05, 0) is 6.07 Å². The van der Waals surface area contributed by atoms with Crippen LogP contribution in [0.5, 0.6) is 0 Å². The monoisotopic (exact) mass is 263 g/mol. The molecule has 0 saturated carbocycles. The van der Waals surface area contributed by atoms with Gasteiger partial charge in [-0.3, -0.25) is 4.98 Å². The fraction of sp³-hybridized carbons (Fsp3) is 0.0769. The van der Waals surface area contributed by atoms with Gasteiger partial charge in [0.1, 0.15) is 0 Å². The summed E-state index contributed by atoms with van der Waals surface area (Å²) in [5.41, 5.74) is 0.167. The van der Waals surface area contributed by atoms with Crippen LogP contribution in [0.3, 0.4) is 0 Å². The second-order valence-corrected chi connectivity index (χ2v) is 4.01. The molecule has 0 spiro atoms. The van der Waals surface area contributed by atoms with Gasteiger partial charge in [-0.2, -0.15) is 13.2 Å². The summed E-state index contributed by atoms with van der Waals surface area (Å²) in [4.78, 5) is 8.04. The zero-order valence-electron chi connectivity index (χ0n) is 9.59. The molecule has 0 N–H and O–H groups in total. The highest BCUT2D eigenvalue weighted by Crippen LogP contribution is 2.36. The van der Waals surface area contributed by atoms with E-state index in [0.29, 0.717) is 5.65 Å². The van der Waals surface area contributed by atoms with Crippen molar-refractivity contribution in [3.8, 4) is 11.3 Å². The third kappa shape index (κ3) is 2.05. The van der Waals surface area contributed by atoms with Crippen molar-refractivity contribution < 1.29 is 13.2 Å². The molecule has 0 fully saturated rings. The minimum Gasteiger partial charge on any atom is -0.304 e. The smallest absolute Gasteiger partial charge is 0.304 e. The third-order valence-electron chi connectivity index (χ3n) is 2.77. The van der Waals surface area contributed by atoms with Gasteiger partial charge in [0.05, 0.1) is 17.5 Å². The Hall–Kier alpha value is -2.37. The summed E-state index contributed by atoms with van der Waals surface area (Å²) < 4.78 is 40.5. The van der Waals surface area contributed by atoms with Gasteiger partial charge < -0.3 is 4.40 Å². The van der Waals surface area contributed by atoms with E-state index in [1.807, 2.05) is 0 Å². The van der Waals surface area contributed by atoms with Crippen molar-refractivity contribution in [2.75, 3.05) is 0 Å². The maximum Gasteiger partial charge on any atom is 0.417 e. The van der Waals surface area contributed by atoms with Gasteiger partial charge in [-0.25, -0.2) is 4.98 Å². The molecule has 3 rings (SSSR count). The average Bonchev–Trinajstić information content (AvgIpc) is 2.81. The van der Waals surface area contributed by atoms with Gasteiger partial charge in [0.15, 0.2) is 5.65 Å². The van der Waals surface area contributed by atoms with Crippen molar-refractivity contribution in [1.29, 1.82) is 0 Å². The summed E-state index contributed by atoms with van der Waals surface area (Å²) >= 11 is 0. The van der Waals surface area contributed by atoms with E-state index in [1.165, 1.54) is 18.3 Å². The fourth-order valence-corrected chi connectivity index (χ4v) is 1.93. The standard InChI is InChI=1S/C13H8F3N3/c14-13(15,16)10-4-2-1-3-9(10)11-8-19-6-5-17-7-12(19)18-11/h1-8H. The molecule has 3 nitrogen and oxygen atoms in total. The first-order valence-corrected chi connectivity index (χ1v) is 5.51. The second-order valence-electron chi connectivity index (χ2n) is 4.01. The predicted octanol–water partition coefficient (Wildman–Crippen LogP) is 3.42. The molecule has 1 aromatic carbocycles. The van der Waals surface area contributed by atoms with Crippen LogP contribution in [-0.2, 0) is 6.18 Å². The maximum absolute atomic E-state index is 12.9. The first kappa shape index (κ1) is 11.7. The topological polar surface area (TPSA) is 30.2 Å². The first-order valence-electron chi connectivity index (χ1n) is 5.51. The number of rotatable bonds is 1. The molecule has 0 radical (unpaired) electrons. The van der Waals surface area contributed by atoms with Crippen molar-refractivity contribution in [1.82, 2.24) is 14.4 Å². The lowest BCUT2D eigenvalue weighted by molar-refractivity contribution is -0.137. The van der Waals surface area contributed by atoms with Gasteiger partial charge in [0.2, 0.25) is 0 Å². The van der Waals surface area contributed by atoms with Gasteiger partial charge in [0.25, 0.3) is 0 Å². The summed E-state index contributed by atoms with van der Waals surface area (Å²) in [5.74, 6) is 0. The van der Waals surface area contributed by atoms with E-state index in [4.69, 9.17) is 0 Å². The Bertz CT molecular complexity index is 698. The van der Waals surface area contributed by atoms with E-state index in [-0.39, 0.29) is 11.3 Å². The van der Waals surface area contributed by atoms with Crippen LogP contribution in [0.2, 0.25) is 0 Å². The van der Waals surface area contributed by atoms with E-state index in [2.05, 4.69) is 9.97 Å². The summed E-state index contributed by atoms with van der Waals surface area (Å²) in [6.07, 6.45) is 1.85. The fourth-order valence-electron chi connectivity index (χ4n) is 1.93. The number of halogens is 3. The second kappa shape index (κ2) is 4.08. The molecular formula is C13H8F3N3. The summed E-state index contributed by atoms with van der Waals surface area (Å²) in [6.45, 7) is 0. The molecule has 2 aromatic heterocycles. The zero-order valence-corrected chi connectivity index (χ0v) is 9.59. The maximum atomic E-state index is 12.9. The normalized spacial score (nSPS) is 11.9. The number of fused-ring (bicyclic) bond motifs is 1. The minimum atomic E-state index is -4.40. The van der Waals surface area contributed by atoms with Crippen molar-refractivity contribution in [3.05, 3.63) is 54.6 Å². The van der Waals surface area contributed by atoms with Crippen molar-refractivity contribution in [3.63, 3.8) is 0 Å². The molecule has 0 aliphatic rings. The molecule has 0 aliphatic heterocycles. The predicted molar refractivity (Wildman–Crippen MR) is 63.4 cm³/mol. The Morgan fingerprint density at radius 1 is 1.11 bits per heavy atom. The van der Waals surface area contributed by atoms with Gasteiger partial charge >= 0.3 is 6.18 Å². The first-order chi connectivity index (χ1) is 9.05. The van der Waals surface area contributed by atoms with E-state index < -0.39 is 11.7 Å². The molecule has 6 heteroatoms. The minimum absolute atomic E-state index is 0.0682. The Morgan fingerprint density at radius 3 is 2.63 bits per heavy atom. The Morgan fingerprint density at radius 2 is 1.89 bits per heavy atom. The number of aromatic nitrogens is 3. The van der Waals surface area contributed by atoms with Crippen LogP contribution >= 0.6 is 0 Å². The highest BCUT2D eigenvalue weighted by Gasteiger charge is 2.33. The largest absolute Gasteiger partial charge is 0.417 e. The zero-order chi connectivity index (χ0) is 13.5. The van der Waals surface area contributed by atoms with Crippen LogP contribution in [-0.4, -0.2) is 14.4 Å². The molecule has 0 bridgehead atoms. The van der Waals surface area contributed by atoms with Gasteiger partial charge in [-0.1, -0.05) is 18.2 Å². The molecule has 96 valence electrons. The van der Waals surface area contributed by atoms with Crippen LogP contribution in [0.4, 0.5) is 13.2 Å². The Balaban J connectivity index is 2.22. The van der Waals surface area contributed by atoms with Crippen LogP contribution in [0.25, 0.3) is 16.9 Å². The molecular weight excluding hydrogens is 255 g/mol. The highest BCUT2D eigenvalue weighted by molar-refractivity contribution is 5.66. The summed E-state index contributed by atoms with van der Waals surface area (Å²) in [5, 5.41) is 0. The molecule has 19 heavy (non-hydrogen) atoms. The summed E-state index contributed by atoms with van der Waals surface area (Å²) in [7, 11) is 0. The average molecular weight is 263 g/mol. The molecule has 0 saturated heterocycles. The van der Waals surface area contributed by atoms with Crippen LogP contribution < -0.4 is 0 Å². The van der Waals surface area contributed by atoms with Crippen molar-refractivity contribution in [2.45, 2.75) is 6.18 Å². The van der Waals surface area contributed by atoms with E-state index >= 15 is 0 Å². The Kier molecular flexibility index (Phi) is 2.51. The third-order valence-corrected chi connectivity index (χ3v) is 2.77. The highest BCUT2D eigenvalue weighted by atomic mass is 19.4. The quantitative estimate of drug-likeness (QED) is 0.673. The number of hydrogen-bond acceptors (Lipinski definition) is 2. The molecule has 0 aliphatic carbocycles. The van der Waals surface area contributed by atoms with Crippen LogP contribution in [0.15, 0.2) is 49.1 Å². The van der Waals surface area contributed by atoms with Crippen molar-refractivity contribution in [2.24, 2.45) is 0 Å². The van der Waals surface area contributed by atoms with E-state index in [0.717, 1.165) is 6.07 Å². The number of hydrogen-bond donors (Lipinski definition) is 0. The number of nitrogens with zero attached hydrogens (tertiary/aromatic N) is 3. The van der Waals surface area contributed by atoms with E-state index in [1.54, 1.807) is 29.1 Å². The molecule has 2 heterocycles. The Labute approximate surface area is 106 Å². The number of benzene rings is 1. The van der Waals surface area contributed by atoms with Crippen LogP contribution in [0.1, 0.15) is 5.56 Å². The molecule has 0 atom stereocenters. The lowest BCUT2D eigenvalue weighted by Crippen LogP contribution is -2.06. The van der Waals surface area contributed by atoms with Crippen molar-refractivity contribution >= 4 is 5.65 Å². The van der Waals surface area contributed by atoms with Gasteiger partial charge in [-0.15, -0.1) is 0 Å². The molecule has 0 amide bonds.